The van der Waals surface area contributed by atoms with Gasteiger partial charge in [0, 0.05) is 6.54 Å². The number of carboxylic acids is 1. The number of hydrogen-bond donors (Lipinski definition) is 2. The molecule has 1 aromatic carbocycles. The first-order valence-electron chi connectivity index (χ1n) is 6.79. The molecule has 0 saturated heterocycles. The van der Waals surface area contributed by atoms with Crippen LogP contribution in [0.5, 0.6) is 11.5 Å². The van der Waals surface area contributed by atoms with Gasteiger partial charge in [-0.3, -0.25) is 0 Å². The van der Waals surface area contributed by atoms with Crippen molar-refractivity contribution in [3.63, 3.8) is 0 Å². The highest BCUT2D eigenvalue weighted by Crippen LogP contribution is 2.29. The third-order valence-corrected chi connectivity index (χ3v) is 4.07. The van der Waals surface area contributed by atoms with Crippen molar-refractivity contribution < 1.29 is 19.4 Å². The number of aryl methyl sites for hydroxylation is 1. The van der Waals surface area contributed by atoms with Crippen LogP contribution in [-0.4, -0.2) is 29.8 Å². The predicted molar refractivity (Wildman–Crippen MR) is 85.3 cm³/mol. The Morgan fingerprint density at radius 2 is 2.18 bits per heavy atom. The average Bonchev–Trinajstić information content (AvgIpc) is 2.87. The number of ether oxygens (including phenoxy) is 2. The summed E-state index contributed by atoms with van der Waals surface area (Å²) in [7, 11) is 1.60. The van der Waals surface area contributed by atoms with E-state index in [0.29, 0.717) is 35.5 Å². The molecule has 0 aliphatic carbocycles. The van der Waals surface area contributed by atoms with E-state index in [1.807, 2.05) is 25.1 Å². The Labute approximate surface area is 132 Å². The SMILES string of the molecule is CCOc1ccc(CNc2nc(C)c(C(=O)O)s2)cc1OC. The topological polar surface area (TPSA) is 80.7 Å². The minimum Gasteiger partial charge on any atom is -0.493 e. The summed E-state index contributed by atoms with van der Waals surface area (Å²) in [4.78, 5) is 15.5. The summed E-state index contributed by atoms with van der Waals surface area (Å²) in [5.74, 6) is 0.417. The van der Waals surface area contributed by atoms with Crippen LogP contribution < -0.4 is 14.8 Å². The first kappa shape index (κ1) is 16.1. The van der Waals surface area contributed by atoms with E-state index in [0.717, 1.165) is 16.9 Å². The Bertz CT molecular complexity index is 670. The minimum absolute atomic E-state index is 0.256. The lowest BCUT2D eigenvalue weighted by atomic mass is 10.2. The van der Waals surface area contributed by atoms with Crippen molar-refractivity contribution in [1.82, 2.24) is 4.98 Å². The number of rotatable bonds is 7. The monoisotopic (exact) mass is 322 g/mol. The van der Waals surface area contributed by atoms with E-state index in [4.69, 9.17) is 14.6 Å². The predicted octanol–water partition coefficient (Wildman–Crippen LogP) is 3.17. The molecule has 0 saturated carbocycles. The van der Waals surface area contributed by atoms with Crippen LogP contribution in [0.1, 0.15) is 27.9 Å². The first-order valence-corrected chi connectivity index (χ1v) is 7.61. The summed E-state index contributed by atoms with van der Waals surface area (Å²) in [5.41, 5.74) is 1.51. The van der Waals surface area contributed by atoms with Gasteiger partial charge in [-0.2, -0.15) is 0 Å². The van der Waals surface area contributed by atoms with Crippen molar-refractivity contribution in [3.8, 4) is 11.5 Å². The summed E-state index contributed by atoms with van der Waals surface area (Å²) in [6.07, 6.45) is 0. The summed E-state index contributed by atoms with van der Waals surface area (Å²) in [6, 6.07) is 5.67. The first-order chi connectivity index (χ1) is 10.5. The molecule has 2 N–H and O–H groups in total. The van der Waals surface area contributed by atoms with Crippen molar-refractivity contribution in [2.24, 2.45) is 0 Å². The Morgan fingerprint density at radius 3 is 2.77 bits per heavy atom. The van der Waals surface area contributed by atoms with Crippen LogP contribution in [0, 0.1) is 6.92 Å². The molecule has 7 heteroatoms. The van der Waals surface area contributed by atoms with Crippen LogP contribution in [0.15, 0.2) is 18.2 Å². The number of carbonyl (C=O) groups is 1. The molecule has 0 amide bonds. The molecule has 6 nitrogen and oxygen atoms in total. The number of nitrogens with one attached hydrogen (secondary N) is 1. The van der Waals surface area contributed by atoms with Crippen LogP contribution >= 0.6 is 11.3 Å². The molecule has 22 heavy (non-hydrogen) atoms. The van der Waals surface area contributed by atoms with Gasteiger partial charge in [-0.25, -0.2) is 9.78 Å². The van der Waals surface area contributed by atoms with E-state index >= 15 is 0 Å². The molecular weight excluding hydrogens is 304 g/mol. The Kier molecular flexibility index (Phi) is 5.21. The maximum Gasteiger partial charge on any atom is 0.347 e. The Morgan fingerprint density at radius 1 is 1.41 bits per heavy atom. The lowest BCUT2D eigenvalue weighted by molar-refractivity contribution is 0.0701. The lowest BCUT2D eigenvalue weighted by Crippen LogP contribution is -2.01. The molecule has 0 aliphatic rings. The second kappa shape index (κ2) is 7.13. The van der Waals surface area contributed by atoms with Crippen molar-refractivity contribution in [1.29, 1.82) is 0 Å². The second-order valence-electron chi connectivity index (χ2n) is 4.51. The smallest absolute Gasteiger partial charge is 0.347 e. The standard InChI is InChI=1S/C15H18N2O4S/c1-4-21-11-6-5-10(7-12(11)20-3)8-16-15-17-9(2)13(22-15)14(18)19/h5-7H,4,8H2,1-3H3,(H,16,17)(H,18,19). The van der Waals surface area contributed by atoms with Gasteiger partial charge < -0.3 is 19.9 Å². The van der Waals surface area contributed by atoms with E-state index in [9.17, 15) is 4.79 Å². The normalized spacial score (nSPS) is 10.3. The van der Waals surface area contributed by atoms with Gasteiger partial charge in [0.05, 0.1) is 19.4 Å². The lowest BCUT2D eigenvalue weighted by Gasteiger charge is -2.11. The van der Waals surface area contributed by atoms with E-state index in [1.165, 1.54) is 0 Å². The van der Waals surface area contributed by atoms with Gasteiger partial charge in [-0.1, -0.05) is 17.4 Å². The number of thiazole rings is 1. The number of aromatic nitrogens is 1. The van der Waals surface area contributed by atoms with E-state index in [2.05, 4.69) is 10.3 Å². The fraction of sp³-hybridized carbons (Fsp3) is 0.333. The number of carboxylic acid groups (broad SMARTS) is 1. The quantitative estimate of drug-likeness (QED) is 0.815. The average molecular weight is 322 g/mol. The van der Waals surface area contributed by atoms with Gasteiger partial charge >= 0.3 is 5.97 Å². The maximum absolute atomic E-state index is 11.0. The zero-order chi connectivity index (χ0) is 16.1. The van der Waals surface area contributed by atoms with Gasteiger partial charge in [0.1, 0.15) is 4.88 Å². The molecule has 118 valence electrons. The van der Waals surface area contributed by atoms with Crippen molar-refractivity contribution in [2.45, 2.75) is 20.4 Å². The van der Waals surface area contributed by atoms with Gasteiger partial charge in [0.2, 0.25) is 0 Å². The molecule has 2 aromatic rings. The third-order valence-electron chi connectivity index (χ3n) is 2.96. The van der Waals surface area contributed by atoms with Crippen molar-refractivity contribution in [3.05, 3.63) is 34.3 Å². The van der Waals surface area contributed by atoms with Gasteiger partial charge in [-0.05, 0) is 31.5 Å². The highest BCUT2D eigenvalue weighted by molar-refractivity contribution is 7.17. The Hall–Kier alpha value is -2.28. The largest absolute Gasteiger partial charge is 0.493 e. The molecule has 0 aliphatic heterocycles. The zero-order valence-corrected chi connectivity index (χ0v) is 13.5. The molecule has 0 fully saturated rings. The maximum atomic E-state index is 11.0. The minimum atomic E-state index is -0.953. The summed E-state index contributed by atoms with van der Waals surface area (Å²) < 4.78 is 10.8. The van der Waals surface area contributed by atoms with E-state index in [-0.39, 0.29) is 4.88 Å². The summed E-state index contributed by atoms with van der Waals surface area (Å²) in [6.45, 7) is 4.70. The van der Waals surface area contributed by atoms with Crippen LogP contribution in [0.25, 0.3) is 0 Å². The number of anilines is 1. The number of nitrogens with zero attached hydrogens (tertiary/aromatic N) is 1. The molecular formula is C15H18N2O4S. The second-order valence-corrected chi connectivity index (χ2v) is 5.51. The highest BCUT2D eigenvalue weighted by atomic mass is 32.1. The van der Waals surface area contributed by atoms with E-state index < -0.39 is 5.97 Å². The molecule has 0 atom stereocenters. The van der Waals surface area contributed by atoms with E-state index in [1.54, 1.807) is 14.0 Å². The van der Waals surface area contributed by atoms with Crippen LogP contribution in [0.4, 0.5) is 5.13 Å². The number of methoxy groups -OCH3 is 1. The molecule has 2 rings (SSSR count). The summed E-state index contributed by atoms with van der Waals surface area (Å²) >= 11 is 1.13. The van der Waals surface area contributed by atoms with Gasteiger partial charge in [-0.15, -0.1) is 0 Å². The molecule has 0 spiro atoms. The molecule has 1 heterocycles. The third kappa shape index (κ3) is 3.67. The fourth-order valence-electron chi connectivity index (χ4n) is 1.94. The molecule has 0 radical (unpaired) electrons. The Balaban J connectivity index is 2.08. The van der Waals surface area contributed by atoms with Crippen LogP contribution in [-0.2, 0) is 6.54 Å². The van der Waals surface area contributed by atoms with Crippen LogP contribution in [0.3, 0.4) is 0 Å². The van der Waals surface area contributed by atoms with Gasteiger partial charge in [0.15, 0.2) is 16.6 Å². The highest BCUT2D eigenvalue weighted by Gasteiger charge is 2.14. The fourth-order valence-corrected chi connectivity index (χ4v) is 2.75. The zero-order valence-electron chi connectivity index (χ0n) is 12.7. The van der Waals surface area contributed by atoms with Crippen molar-refractivity contribution in [2.75, 3.05) is 19.0 Å². The van der Waals surface area contributed by atoms with Gasteiger partial charge in [0.25, 0.3) is 0 Å². The number of hydrogen-bond acceptors (Lipinski definition) is 6. The molecule has 0 bridgehead atoms. The molecule has 0 unspecified atom stereocenters. The number of benzene rings is 1. The van der Waals surface area contributed by atoms with Crippen LogP contribution in [0.2, 0.25) is 0 Å². The number of aromatic carboxylic acids is 1. The molecule has 1 aromatic heterocycles. The van der Waals surface area contributed by atoms with Crippen molar-refractivity contribution >= 4 is 22.4 Å². The summed E-state index contributed by atoms with van der Waals surface area (Å²) in [5, 5.41) is 12.7.